The van der Waals surface area contributed by atoms with Crippen LogP contribution in [0.5, 0.6) is 0 Å². The Hall–Kier alpha value is -3.47. The summed E-state index contributed by atoms with van der Waals surface area (Å²) in [6, 6.07) is 18.6. The van der Waals surface area contributed by atoms with E-state index in [-0.39, 0.29) is 5.91 Å². The zero-order valence-electron chi connectivity index (χ0n) is 17.6. The second kappa shape index (κ2) is 8.49. The van der Waals surface area contributed by atoms with Gasteiger partial charge >= 0.3 is 0 Å². The van der Waals surface area contributed by atoms with Crippen molar-refractivity contribution in [3.05, 3.63) is 100.0 Å². The van der Waals surface area contributed by atoms with E-state index in [2.05, 4.69) is 53.7 Å². The zero-order valence-corrected chi connectivity index (χ0v) is 17.6. The van der Waals surface area contributed by atoms with Gasteiger partial charge in [-0.3, -0.25) is 4.79 Å². The summed E-state index contributed by atoms with van der Waals surface area (Å²) in [5.74, 6) is -0.140. The van der Waals surface area contributed by atoms with E-state index < -0.39 is 0 Å². The molecule has 0 unspecified atom stereocenters. The lowest BCUT2D eigenvalue weighted by molar-refractivity contribution is 0.0955. The van der Waals surface area contributed by atoms with Crippen LogP contribution in [0.4, 0.5) is 0 Å². The summed E-state index contributed by atoms with van der Waals surface area (Å²) in [7, 11) is 0. The Morgan fingerprint density at radius 3 is 2.53 bits per heavy atom. The molecule has 2 aromatic heterocycles. The minimum Gasteiger partial charge on any atom is -0.352 e. The van der Waals surface area contributed by atoms with Crippen molar-refractivity contribution in [1.82, 2.24) is 19.9 Å². The largest absolute Gasteiger partial charge is 0.352 e. The van der Waals surface area contributed by atoms with Crippen molar-refractivity contribution in [2.75, 3.05) is 6.54 Å². The van der Waals surface area contributed by atoms with Crippen LogP contribution >= 0.6 is 0 Å². The molecule has 2 aromatic carbocycles. The predicted octanol–water partition coefficient (Wildman–Crippen LogP) is 4.22. The lowest BCUT2D eigenvalue weighted by atomic mass is 10.0. The molecule has 152 valence electrons. The highest BCUT2D eigenvalue weighted by atomic mass is 16.1. The Balaban J connectivity index is 1.55. The average molecular weight is 399 g/mol. The molecule has 4 rings (SSSR count). The number of carbonyl (C=O) groups excluding carboxylic acids is 1. The molecule has 30 heavy (non-hydrogen) atoms. The third-order valence-corrected chi connectivity index (χ3v) is 5.46. The SMILES string of the molecule is Cc1cccc(Cc2c(C)nc3c(C(=O)NCCc4ccccc4)cnn3c2C)c1. The van der Waals surface area contributed by atoms with E-state index in [0.29, 0.717) is 17.8 Å². The Labute approximate surface area is 176 Å². The van der Waals surface area contributed by atoms with Crippen LogP contribution in [0.2, 0.25) is 0 Å². The number of amides is 1. The molecule has 0 atom stereocenters. The first kappa shape index (κ1) is 19.8. The minimum atomic E-state index is -0.140. The van der Waals surface area contributed by atoms with E-state index in [9.17, 15) is 4.79 Å². The van der Waals surface area contributed by atoms with Gasteiger partial charge in [0.15, 0.2) is 5.65 Å². The second-order valence-electron chi connectivity index (χ2n) is 7.71. The van der Waals surface area contributed by atoms with Crippen LogP contribution in [0.25, 0.3) is 5.65 Å². The Kier molecular flexibility index (Phi) is 5.61. The van der Waals surface area contributed by atoms with Crippen molar-refractivity contribution >= 4 is 11.6 Å². The number of rotatable bonds is 6. The van der Waals surface area contributed by atoms with Crippen molar-refractivity contribution in [1.29, 1.82) is 0 Å². The van der Waals surface area contributed by atoms with Gasteiger partial charge < -0.3 is 5.32 Å². The summed E-state index contributed by atoms with van der Waals surface area (Å²) >= 11 is 0. The van der Waals surface area contributed by atoms with Gasteiger partial charge in [-0.05, 0) is 43.9 Å². The maximum Gasteiger partial charge on any atom is 0.256 e. The molecule has 5 nitrogen and oxygen atoms in total. The van der Waals surface area contributed by atoms with Crippen LogP contribution in [-0.4, -0.2) is 27.0 Å². The Morgan fingerprint density at radius 1 is 1.00 bits per heavy atom. The number of nitrogens with one attached hydrogen (secondary N) is 1. The first-order chi connectivity index (χ1) is 14.5. The molecule has 0 spiro atoms. The standard InChI is InChI=1S/C25H26N4O/c1-17-8-7-11-21(14-17)15-22-18(2)28-24-23(16-27-29(24)19(22)3)25(30)26-13-12-20-9-5-4-6-10-20/h4-11,14,16H,12-13,15H2,1-3H3,(H,26,30). The monoisotopic (exact) mass is 398 g/mol. The molecule has 0 fully saturated rings. The van der Waals surface area contributed by atoms with Gasteiger partial charge in [0.2, 0.25) is 0 Å². The fourth-order valence-electron chi connectivity index (χ4n) is 3.81. The summed E-state index contributed by atoms with van der Waals surface area (Å²) in [4.78, 5) is 17.5. The van der Waals surface area contributed by atoms with E-state index in [4.69, 9.17) is 4.98 Å². The lowest BCUT2D eigenvalue weighted by Crippen LogP contribution is -2.25. The fourth-order valence-corrected chi connectivity index (χ4v) is 3.81. The number of nitrogens with zero attached hydrogens (tertiary/aromatic N) is 3. The van der Waals surface area contributed by atoms with Crippen molar-refractivity contribution in [2.45, 2.75) is 33.6 Å². The normalized spacial score (nSPS) is 11.0. The molecule has 1 N–H and O–H groups in total. The van der Waals surface area contributed by atoms with Gasteiger partial charge in [0.05, 0.1) is 6.20 Å². The van der Waals surface area contributed by atoms with Gasteiger partial charge in [0.1, 0.15) is 5.56 Å². The van der Waals surface area contributed by atoms with E-state index in [1.54, 1.807) is 10.7 Å². The molecule has 0 aliphatic heterocycles. The maximum absolute atomic E-state index is 12.7. The number of benzene rings is 2. The summed E-state index contributed by atoms with van der Waals surface area (Å²) in [5.41, 5.74) is 7.89. The van der Waals surface area contributed by atoms with E-state index in [1.807, 2.05) is 32.0 Å². The molecule has 0 radical (unpaired) electrons. The molecular weight excluding hydrogens is 372 g/mol. The molecule has 0 bridgehead atoms. The molecular formula is C25H26N4O. The highest BCUT2D eigenvalue weighted by Gasteiger charge is 2.18. The van der Waals surface area contributed by atoms with E-state index in [0.717, 1.165) is 29.8 Å². The van der Waals surface area contributed by atoms with Crippen molar-refractivity contribution in [3.63, 3.8) is 0 Å². The number of aromatic nitrogens is 3. The smallest absolute Gasteiger partial charge is 0.256 e. The predicted molar refractivity (Wildman–Crippen MR) is 119 cm³/mol. The number of hydrogen-bond donors (Lipinski definition) is 1. The summed E-state index contributed by atoms with van der Waals surface area (Å²) < 4.78 is 1.78. The zero-order chi connectivity index (χ0) is 21.1. The maximum atomic E-state index is 12.7. The summed E-state index contributed by atoms with van der Waals surface area (Å²) in [6.45, 7) is 6.71. The summed E-state index contributed by atoms with van der Waals surface area (Å²) in [5, 5.41) is 7.45. The number of aryl methyl sites for hydroxylation is 3. The van der Waals surface area contributed by atoms with E-state index in [1.165, 1.54) is 16.7 Å². The summed E-state index contributed by atoms with van der Waals surface area (Å²) in [6.07, 6.45) is 3.20. The van der Waals surface area contributed by atoms with Crippen LogP contribution in [0.15, 0.2) is 60.8 Å². The highest BCUT2D eigenvalue weighted by Crippen LogP contribution is 2.20. The highest BCUT2D eigenvalue weighted by molar-refractivity contribution is 5.99. The molecule has 5 heteroatoms. The average Bonchev–Trinajstić information content (AvgIpc) is 3.16. The van der Waals surface area contributed by atoms with Gasteiger partial charge in [-0.25, -0.2) is 9.50 Å². The van der Waals surface area contributed by atoms with Gasteiger partial charge in [-0.2, -0.15) is 5.10 Å². The molecule has 0 aliphatic rings. The Bertz CT molecular complexity index is 1190. The van der Waals surface area contributed by atoms with Crippen LogP contribution in [0.1, 0.15) is 44.0 Å². The quantitative estimate of drug-likeness (QED) is 0.529. The molecule has 1 amide bonds. The third kappa shape index (κ3) is 4.10. The van der Waals surface area contributed by atoms with Crippen molar-refractivity contribution in [3.8, 4) is 0 Å². The molecule has 0 saturated carbocycles. The fraction of sp³-hybridized carbons (Fsp3) is 0.240. The van der Waals surface area contributed by atoms with E-state index >= 15 is 0 Å². The van der Waals surface area contributed by atoms with Crippen LogP contribution in [0, 0.1) is 20.8 Å². The molecule has 4 aromatic rings. The number of hydrogen-bond acceptors (Lipinski definition) is 3. The molecule has 0 saturated heterocycles. The lowest BCUT2D eigenvalue weighted by Gasteiger charge is -2.12. The Morgan fingerprint density at radius 2 is 1.77 bits per heavy atom. The van der Waals surface area contributed by atoms with Crippen LogP contribution in [-0.2, 0) is 12.8 Å². The van der Waals surface area contributed by atoms with Crippen LogP contribution in [0.3, 0.4) is 0 Å². The van der Waals surface area contributed by atoms with Gasteiger partial charge in [-0.15, -0.1) is 0 Å². The van der Waals surface area contributed by atoms with Crippen molar-refractivity contribution in [2.24, 2.45) is 0 Å². The minimum absolute atomic E-state index is 0.140. The second-order valence-corrected chi connectivity index (χ2v) is 7.71. The number of carbonyl (C=O) groups is 1. The van der Waals surface area contributed by atoms with Crippen molar-refractivity contribution < 1.29 is 4.79 Å². The van der Waals surface area contributed by atoms with Gasteiger partial charge in [0, 0.05) is 24.4 Å². The molecule has 0 aliphatic carbocycles. The topological polar surface area (TPSA) is 59.3 Å². The third-order valence-electron chi connectivity index (χ3n) is 5.46. The van der Waals surface area contributed by atoms with Crippen LogP contribution < -0.4 is 5.32 Å². The molecule has 2 heterocycles. The number of fused-ring (bicyclic) bond motifs is 1. The first-order valence-electron chi connectivity index (χ1n) is 10.2. The first-order valence-corrected chi connectivity index (χ1v) is 10.2. The van der Waals surface area contributed by atoms with Gasteiger partial charge in [0.25, 0.3) is 5.91 Å². The van der Waals surface area contributed by atoms with Gasteiger partial charge in [-0.1, -0.05) is 60.2 Å².